The van der Waals surface area contributed by atoms with Crippen molar-refractivity contribution in [1.29, 1.82) is 0 Å². The van der Waals surface area contributed by atoms with Crippen LogP contribution in [0.2, 0.25) is 0 Å². The number of aromatic nitrogens is 2. The Hall–Kier alpha value is -1.37. The molecule has 2 atom stereocenters. The van der Waals surface area contributed by atoms with E-state index >= 15 is 0 Å². The summed E-state index contributed by atoms with van der Waals surface area (Å²) in [4.78, 5) is 6.70. The molecule has 1 aliphatic rings. The number of aliphatic imine (C=N–C) groups is 1. The third-order valence-electron chi connectivity index (χ3n) is 4.33. The van der Waals surface area contributed by atoms with E-state index in [-0.39, 0.29) is 4.75 Å². The van der Waals surface area contributed by atoms with Gasteiger partial charge in [0.05, 0.1) is 6.20 Å². The zero-order chi connectivity index (χ0) is 17.7. The number of guanidine groups is 1. The molecule has 1 aromatic heterocycles. The Balaban J connectivity index is 1.79. The minimum absolute atomic E-state index is 0.159. The van der Waals surface area contributed by atoms with Crippen LogP contribution < -0.4 is 5.32 Å². The van der Waals surface area contributed by atoms with Gasteiger partial charge >= 0.3 is 0 Å². The minimum atomic E-state index is -0.834. The molecule has 1 fully saturated rings. The maximum absolute atomic E-state index is 12.1. The third-order valence-corrected chi connectivity index (χ3v) is 6.27. The van der Waals surface area contributed by atoms with Gasteiger partial charge in [-0.15, -0.1) is 0 Å². The van der Waals surface area contributed by atoms with E-state index in [4.69, 9.17) is 0 Å². The van der Waals surface area contributed by atoms with Crippen LogP contribution in [0.5, 0.6) is 0 Å². The normalized spacial score (nSPS) is 20.5. The quantitative estimate of drug-likeness (QED) is 0.642. The largest absolute Gasteiger partial charge is 0.355 e. The molecule has 24 heavy (non-hydrogen) atoms. The SMILES string of the molecule is CN=C(NCCS(=O)C(C)(C)C)N1CCC(Cc2cnn(C)c2)C1. The van der Waals surface area contributed by atoms with Crippen LogP contribution in [0, 0.1) is 5.92 Å². The molecule has 0 spiro atoms. The van der Waals surface area contributed by atoms with Crippen molar-refractivity contribution in [1.82, 2.24) is 20.0 Å². The molecule has 2 heterocycles. The number of nitrogens with zero attached hydrogens (tertiary/aromatic N) is 4. The van der Waals surface area contributed by atoms with Crippen molar-refractivity contribution in [3.8, 4) is 0 Å². The summed E-state index contributed by atoms with van der Waals surface area (Å²) in [5.74, 6) is 2.21. The topological polar surface area (TPSA) is 62.5 Å². The second kappa shape index (κ2) is 8.14. The molecule has 0 radical (unpaired) electrons. The van der Waals surface area contributed by atoms with E-state index in [2.05, 4.69) is 26.5 Å². The molecule has 1 N–H and O–H groups in total. The second-order valence-corrected chi connectivity index (χ2v) is 9.79. The van der Waals surface area contributed by atoms with Crippen molar-refractivity contribution in [2.24, 2.45) is 18.0 Å². The molecule has 7 heteroatoms. The van der Waals surface area contributed by atoms with Crippen LogP contribution in [0.4, 0.5) is 0 Å². The van der Waals surface area contributed by atoms with Crippen molar-refractivity contribution in [3.63, 3.8) is 0 Å². The first-order chi connectivity index (χ1) is 11.3. The Morgan fingerprint density at radius 1 is 1.50 bits per heavy atom. The van der Waals surface area contributed by atoms with Crippen LogP contribution in [0.1, 0.15) is 32.8 Å². The summed E-state index contributed by atoms with van der Waals surface area (Å²) < 4.78 is 13.8. The van der Waals surface area contributed by atoms with Crippen molar-refractivity contribution < 1.29 is 4.21 Å². The fourth-order valence-corrected chi connectivity index (χ4v) is 3.90. The van der Waals surface area contributed by atoms with Gasteiger partial charge in [-0.3, -0.25) is 13.9 Å². The number of nitrogens with one attached hydrogen (secondary N) is 1. The lowest BCUT2D eigenvalue weighted by Gasteiger charge is -2.23. The Labute approximate surface area is 148 Å². The Morgan fingerprint density at radius 2 is 2.25 bits per heavy atom. The lowest BCUT2D eigenvalue weighted by molar-refractivity contribution is 0.461. The highest BCUT2D eigenvalue weighted by molar-refractivity contribution is 7.86. The number of aryl methyl sites for hydroxylation is 1. The van der Waals surface area contributed by atoms with Gasteiger partial charge in [-0.05, 0) is 45.1 Å². The summed E-state index contributed by atoms with van der Waals surface area (Å²) in [5.41, 5.74) is 1.30. The van der Waals surface area contributed by atoms with Gasteiger partial charge in [0.1, 0.15) is 0 Å². The Morgan fingerprint density at radius 3 is 2.83 bits per heavy atom. The predicted octanol–water partition coefficient (Wildman–Crippen LogP) is 1.41. The van der Waals surface area contributed by atoms with E-state index in [0.29, 0.717) is 18.2 Å². The number of likely N-dealkylation sites (tertiary alicyclic amines) is 1. The summed E-state index contributed by atoms with van der Waals surface area (Å²) in [5, 5.41) is 7.61. The fourth-order valence-electron chi connectivity index (χ4n) is 3.00. The first kappa shape index (κ1) is 19.0. The molecular formula is C17H31N5OS. The summed E-state index contributed by atoms with van der Waals surface area (Å²) in [6.45, 7) is 8.77. The van der Waals surface area contributed by atoms with Crippen LogP contribution in [-0.4, -0.2) is 62.0 Å². The van der Waals surface area contributed by atoms with Crippen LogP contribution in [0.25, 0.3) is 0 Å². The second-order valence-electron chi connectivity index (χ2n) is 7.46. The molecule has 0 bridgehead atoms. The number of hydrogen-bond acceptors (Lipinski definition) is 3. The van der Waals surface area contributed by atoms with E-state index < -0.39 is 10.8 Å². The first-order valence-corrected chi connectivity index (χ1v) is 9.93. The van der Waals surface area contributed by atoms with Gasteiger partial charge in [0, 0.05) is 61.2 Å². The highest BCUT2D eigenvalue weighted by atomic mass is 32.2. The molecule has 1 aliphatic heterocycles. The standard InChI is InChI=1S/C17H31N5OS/c1-17(2,3)24(23)9-7-19-16(18-4)22-8-6-14(13-22)10-15-11-20-21(5)12-15/h11-12,14H,6-10,13H2,1-5H3,(H,18,19). The summed E-state index contributed by atoms with van der Waals surface area (Å²) in [7, 11) is 2.94. The van der Waals surface area contributed by atoms with Crippen molar-refractivity contribution >= 4 is 16.8 Å². The molecule has 0 aliphatic carbocycles. The third kappa shape index (κ3) is 5.33. The fraction of sp³-hybridized carbons (Fsp3) is 0.765. The molecule has 0 aromatic carbocycles. The lowest BCUT2D eigenvalue weighted by atomic mass is 10.0. The highest BCUT2D eigenvalue weighted by Crippen LogP contribution is 2.20. The van der Waals surface area contributed by atoms with E-state index in [1.54, 1.807) is 0 Å². The van der Waals surface area contributed by atoms with Gasteiger partial charge in [0.15, 0.2) is 5.96 Å². The minimum Gasteiger partial charge on any atom is -0.355 e. The van der Waals surface area contributed by atoms with Crippen molar-refractivity contribution in [2.45, 2.75) is 38.4 Å². The van der Waals surface area contributed by atoms with Crippen LogP contribution in [0.15, 0.2) is 17.4 Å². The average molecular weight is 354 g/mol. The van der Waals surface area contributed by atoms with Crippen molar-refractivity contribution in [2.75, 3.05) is 32.4 Å². The van der Waals surface area contributed by atoms with Gasteiger partial charge in [-0.1, -0.05) is 0 Å². The molecule has 2 rings (SSSR count). The van der Waals surface area contributed by atoms with Gasteiger partial charge in [0.2, 0.25) is 0 Å². The zero-order valence-electron chi connectivity index (χ0n) is 15.6. The molecule has 136 valence electrons. The molecule has 6 nitrogen and oxygen atoms in total. The molecule has 0 amide bonds. The van der Waals surface area contributed by atoms with E-state index in [9.17, 15) is 4.21 Å². The molecule has 1 aromatic rings. The predicted molar refractivity (Wildman–Crippen MR) is 101 cm³/mol. The smallest absolute Gasteiger partial charge is 0.193 e. The van der Waals surface area contributed by atoms with Gasteiger partial charge in [-0.2, -0.15) is 5.10 Å². The highest BCUT2D eigenvalue weighted by Gasteiger charge is 2.25. The summed E-state index contributed by atoms with van der Waals surface area (Å²) in [6, 6.07) is 0. The Kier molecular flexibility index (Phi) is 6.43. The van der Waals surface area contributed by atoms with E-state index in [1.165, 1.54) is 12.0 Å². The van der Waals surface area contributed by atoms with Gasteiger partial charge in [0.25, 0.3) is 0 Å². The maximum atomic E-state index is 12.1. The first-order valence-electron chi connectivity index (χ1n) is 8.61. The van der Waals surface area contributed by atoms with Crippen molar-refractivity contribution in [3.05, 3.63) is 18.0 Å². The lowest BCUT2D eigenvalue weighted by Crippen LogP contribution is -2.42. The van der Waals surface area contributed by atoms with E-state index in [0.717, 1.165) is 25.5 Å². The average Bonchev–Trinajstić information content (AvgIpc) is 3.12. The van der Waals surface area contributed by atoms with Crippen LogP contribution >= 0.6 is 0 Å². The monoisotopic (exact) mass is 353 g/mol. The van der Waals surface area contributed by atoms with E-state index in [1.807, 2.05) is 45.7 Å². The molecule has 0 saturated carbocycles. The van der Waals surface area contributed by atoms with Crippen LogP contribution in [-0.2, 0) is 24.3 Å². The van der Waals surface area contributed by atoms with Crippen LogP contribution in [0.3, 0.4) is 0 Å². The zero-order valence-corrected chi connectivity index (χ0v) is 16.4. The Bertz CT molecular complexity index is 590. The summed E-state index contributed by atoms with van der Waals surface area (Å²) in [6.07, 6.45) is 6.29. The number of hydrogen-bond donors (Lipinski definition) is 1. The number of rotatable bonds is 5. The summed E-state index contributed by atoms with van der Waals surface area (Å²) >= 11 is 0. The van der Waals surface area contributed by atoms with Gasteiger partial charge in [-0.25, -0.2) is 0 Å². The van der Waals surface area contributed by atoms with Gasteiger partial charge < -0.3 is 10.2 Å². The molecule has 2 unspecified atom stereocenters. The maximum Gasteiger partial charge on any atom is 0.193 e. The molecule has 1 saturated heterocycles. The molecular weight excluding hydrogens is 322 g/mol.